The van der Waals surface area contributed by atoms with Crippen molar-refractivity contribution in [3.05, 3.63) is 35.9 Å². The van der Waals surface area contributed by atoms with E-state index < -0.39 is 12.6 Å². The molecule has 0 unspecified atom stereocenters. The molecule has 27 heavy (non-hydrogen) atoms. The molecule has 0 aliphatic heterocycles. The molecule has 0 spiro atoms. The van der Waals surface area contributed by atoms with Crippen molar-refractivity contribution in [2.75, 3.05) is 0 Å². The first-order valence-electron chi connectivity index (χ1n) is 10.6. The number of benzene rings is 1. The lowest BCUT2D eigenvalue weighted by atomic mass is 10.0. The van der Waals surface area contributed by atoms with Gasteiger partial charge < -0.3 is 0 Å². The van der Waals surface area contributed by atoms with E-state index in [1.54, 1.807) is 0 Å². The number of alkyl halides is 3. The van der Waals surface area contributed by atoms with Gasteiger partial charge >= 0.3 is 6.18 Å². The maximum atomic E-state index is 12.0. The molecule has 0 bridgehead atoms. The maximum absolute atomic E-state index is 12.0. The highest BCUT2D eigenvalue weighted by Crippen LogP contribution is 2.23. The molecule has 0 atom stereocenters. The summed E-state index contributed by atoms with van der Waals surface area (Å²) < 4.78 is 36.0. The largest absolute Gasteiger partial charge is 0.389 e. The van der Waals surface area contributed by atoms with Crippen LogP contribution in [0.2, 0.25) is 0 Å². The van der Waals surface area contributed by atoms with Crippen LogP contribution in [0.15, 0.2) is 30.3 Å². The summed E-state index contributed by atoms with van der Waals surface area (Å²) in [4.78, 5) is 11.9. The molecular weight excluding hydrogens is 349 g/mol. The fourth-order valence-electron chi connectivity index (χ4n) is 3.33. The summed E-state index contributed by atoms with van der Waals surface area (Å²) in [5, 5.41) is 0. The number of unbranched alkanes of at least 4 members (excludes halogenated alkanes) is 11. The van der Waals surface area contributed by atoms with Crippen LogP contribution in [0.25, 0.3) is 0 Å². The Morgan fingerprint density at radius 3 is 1.59 bits per heavy atom. The molecule has 154 valence electrons. The summed E-state index contributed by atoms with van der Waals surface area (Å²) in [7, 11) is 0. The molecule has 0 radical (unpaired) electrons. The zero-order valence-corrected chi connectivity index (χ0v) is 16.5. The molecular formula is C23H35F3O. The van der Waals surface area contributed by atoms with Crippen LogP contribution in [-0.4, -0.2) is 12.0 Å². The molecule has 0 N–H and O–H groups in total. The van der Waals surface area contributed by atoms with E-state index in [0.717, 1.165) is 37.7 Å². The zero-order chi connectivity index (χ0) is 19.8. The van der Waals surface area contributed by atoms with E-state index in [-0.39, 0.29) is 6.42 Å². The van der Waals surface area contributed by atoms with Crippen molar-refractivity contribution < 1.29 is 18.0 Å². The first-order chi connectivity index (χ1) is 13.0. The van der Waals surface area contributed by atoms with Crippen LogP contribution < -0.4 is 0 Å². The zero-order valence-electron chi connectivity index (χ0n) is 16.5. The topological polar surface area (TPSA) is 17.1 Å². The molecule has 0 fully saturated rings. The number of carbonyl (C=O) groups excluding carboxylic acids is 1. The van der Waals surface area contributed by atoms with E-state index in [1.807, 2.05) is 30.3 Å². The summed E-state index contributed by atoms with van der Waals surface area (Å²) in [6.45, 7) is 0. The van der Waals surface area contributed by atoms with E-state index in [0.29, 0.717) is 25.0 Å². The molecule has 1 nitrogen and oxygen atoms in total. The van der Waals surface area contributed by atoms with E-state index >= 15 is 0 Å². The summed E-state index contributed by atoms with van der Waals surface area (Å²) in [5.41, 5.74) is 1.10. The van der Waals surface area contributed by atoms with Crippen LogP contribution in [-0.2, 0) is 11.2 Å². The predicted molar refractivity (Wildman–Crippen MR) is 106 cm³/mol. The van der Waals surface area contributed by atoms with Gasteiger partial charge in [0, 0.05) is 19.3 Å². The van der Waals surface area contributed by atoms with Gasteiger partial charge in [-0.15, -0.1) is 0 Å². The lowest BCUT2D eigenvalue weighted by molar-refractivity contribution is -0.135. The monoisotopic (exact) mass is 384 g/mol. The van der Waals surface area contributed by atoms with E-state index in [2.05, 4.69) is 0 Å². The van der Waals surface area contributed by atoms with E-state index in [4.69, 9.17) is 0 Å². The second-order valence-corrected chi connectivity index (χ2v) is 7.56. The van der Waals surface area contributed by atoms with Gasteiger partial charge in [-0.3, -0.25) is 4.79 Å². The van der Waals surface area contributed by atoms with Crippen LogP contribution in [0, 0.1) is 0 Å². The lowest BCUT2D eigenvalue weighted by Crippen LogP contribution is -2.06. The second kappa shape index (κ2) is 14.7. The highest BCUT2D eigenvalue weighted by Gasteiger charge is 2.25. The van der Waals surface area contributed by atoms with Gasteiger partial charge in [0.25, 0.3) is 0 Å². The molecule has 0 aromatic heterocycles. The Morgan fingerprint density at radius 2 is 1.11 bits per heavy atom. The van der Waals surface area contributed by atoms with Crippen molar-refractivity contribution in [2.45, 2.75) is 102 Å². The lowest BCUT2D eigenvalue weighted by Gasteiger charge is -2.05. The first-order valence-corrected chi connectivity index (χ1v) is 10.6. The SMILES string of the molecule is O=C(CCCCCCCCCCCCCCC(F)(F)F)Cc1ccccc1. The van der Waals surface area contributed by atoms with Gasteiger partial charge in [0.1, 0.15) is 5.78 Å². The van der Waals surface area contributed by atoms with E-state index in [9.17, 15) is 18.0 Å². The van der Waals surface area contributed by atoms with Gasteiger partial charge in [-0.2, -0.15) is 13.2 Å². The third-order valence-electron chi connectivity index (χ3n) is 4.91. The van der Waals surface area contributed by atoms with Crippen molar-refractivity contribution in [1.82, 2.24) is 0 Å². The third-order valence-corrected chi connectivity index (χ3v) is 4.91. The Kier molecular flexibility index (Phi) is 12.9. The van der Waals surface area contributed by atoms with E-state index in [1.165, 1.54) is 32.1 Å². The minimum absolute atomic E-state index is 0.275. The minimum atomic E-state index is -3.99. The standard InChI is InChI=1S/C23H35F3O/c24-23(25,26)19-15-10-8-6-4-2-1-3-5-7-9-14-18-22(27)20-21-16-12-11-13-17-21/h11-13,16-17H,1-10,14-15,18-20H2. The molecule has 0 amide bonds. The van der Waals surface area contributed by atoms with Crippen LogP contribution in [0.1, 0.15) is 95.5 Å². The van der Waals surface area contributed by atoms with Gasteiger partial charge in [0.2, 0.25) is 0 Å². The molecule has 0 heterocycles. The maximum Gasteiger partial charge on any atom is 0.389 e. The van der Waals surface area contributed by atoms with Crippen molar-refractivity contribution in [1.29, 1.82) is 0 Å². The average molecular weight is 385 g/mol. The van der Waals surface area contributed by atoms with Crippen LogP contribution in [0.3, 0.4) is 0 Å². The summed E-state index contributed by atoms with van der Waals surface area (Å²) in [6, 6.07) is 9.90. The predicted octanol–water partition coefficient (Wildman–Crippen LogP) is 7.82. The Labute approximate surface area is 162 Å². The Morgan fingerprint density at radius 1 is 0.667 bits per heavy atom. The number of carbonyl (C=O) groups is 1. The Balaban J connectivity index is 1.79. The fourth-order valence-corrected chi connectivity index (χ4v) is 3.33. The number of ketones is 1. The molecule has 0 aliphatic carbocycles. The van der Waals surface area contributed by atoms with Crippen LogP contribution >= 0.6 is 0 Å². The quantitative estimate of drug-likeness (QED) is 0.265. The average Bonchev–Trinajstić information content (AvgIpc) is 2.62. The highest BCUT2D eigenvalue weighted by atomic mass is 19.4. The van der Waals surface area contributed by atoms with Gasteiger partial charge in [-0.05, 0) is 18.4 Å². The first kappa shape index (κ1) is 23.7. The molecule has 4 heteroatoms. The number of hydrogen-bond donors (Lipinski definition) is 0. The third kappa shape index (κ3) is 15.4. The number of rotatable bonds is 16. The highest BCUT2D eigenvalue weighted by molar-refractivity contribution is 5.80. The number of halogens is 3. The smallest absolute Gasteiger partial charge is 0.299 e. The van der Waals surface area contributed by atoms with Gasteiger partial charge in [-0.1, -0.05) is 94.5 Å². The molecule has 0 saturated heterocycles. The van der Waals surface area contributed by atoms with Crippen molar-refractivity contribution in [3.8, 4) is 0 Å². The van der Waals surface area contributed by atoms with Crippen LogP contribution in [0.5, 0.6) is 0 Å². The van der Waals surface area contributed by atoms with Gasteiger partial charge in [0.05, 0.1) is 0 Å². The molecule has 0 aliphatic rings. The molecule has 1 aromatic rings. The van der Waals surface area contributed by atoms with Crippen molar-refractivity contribution in [3.63, 3.8) is 0 Å². The fraction of sp³-hybridized carbons (Fsp3) is 0.696. The van der Waals surface area contributed by atoms with Gasteiger partial charge in [0.15, 0.2) is 0 Å². The normalized spacial score (nSPS) is 11.7. The van der Waals surface area contributed by atoms with Crippen molar-refractivity contribution >= 4 is 5.78 Å². The summed E-state index contributed by atoms with van der Waals surface area (Å²) >= 11 is 0. The number of hydrogen-bond acceptors (Lipinski definition) is 1. The summed E-state index contributed by atoms with van der Waals surface area (Å²) in [5.74, 6) is 0.330. The Bertz CT molecular complexity index is 482. The van der Waals surface area contributed by atoms with Crippen LogP contribution in [0.4, 0.5) is 13.2 Å². The second-order valence-electron chi connectivity index (χ2n) is 7.56. The molecule has 1 aromatic carbocycles. The minimum Gasteiger partial charge on any atom is -0.299 e. The number of Topliss-reactive ketones (excluding diaryl/α,β-unsaturated/α-hetero) is 1. The summed E-state index contributed by atoms with van der Waals surface area (Å²) in [6.07, 6.45) is 8.86. The van der Waals surface area contributed by atoms with Crippen molar-refractivity contribution in [2.24, 2.45) is 0 Å². The molecule has 1 rings (SSSR count). The van der Waals surface area contributed by atoms with Gasteiger partial charge in [-0.25, -0.2) is 0 Å². The Hall–Kier alpha value is -1.32. The molecule has 0 saturated carbocycles.